The first-order chi connectivity index (χ1) is 8.12. The third kappa shape index (κ3) is 3.10. The zero-order valence-electron chi connectivity index (χ0n) is 9.80. The average molecular weight is 239 g/mol. The Labute approximate surface area is 98.6 Å². The summed E-state index contributed by atoms with van der Waals surface area (Å²) in [7, 11) is 4.46. The smallest absolute Gasteiger partial charge is 0.235 e. The Balaban J connectivity index is 3.22. The van der Waals surface area contributed by atoms with Crippen molar-refractivity contribution in [1.29, 1.82) is 0 Å². The standard InChI is InChI=1S/C11H13NO5/c1-15-9-6-8(4-5-12(13)14)7-10(16-2)11(9)17-3/h4-7H,1-3H3. The van der Waals surface area contributed by atoms with Gasteiger partial charge in [-0.15, -0.1) is 0 Å². The van der Waals surface area contributed by atoms with Crippen LogP contribution in [0.15, 0.2) is 18.3 Å². The summed E-state index contributed by atoms with van der Waals surface area (Å²) in [6.07, 6.45) is 2.20. The number of benzene rings is 1. The first-order valence-corrected chi connectivity index (χ1v) is 4.74. The van der Waals surface area contributed by atoms with Gasteiger partial charge in [0, 0.05) is 6.08 Å². The Morgan fingerprint density at radius 3 is 2.00 bits per heavy atom. The highest BCUT2D eigenvalue weighted by atomic mass is 16.6. The number of methoxy groups -OCH3 is 3. The minimum Gasteiger partial charge on any atom is -0.493 e. The fraction of sp³-hybridized carbons (Fsp3) is 0.273. The van der Waals surface area contributed by atoms with Crippen LogP contribution >= 0.6 is 0 Å². The molecule has 0 aliphatic rings. The maximum absolute atomic E-state index is 10.2. The number of rotatable bonds is 5. The summed E-state index contributed by atoms with van der Waals surface area (Å²) in [6.45, 7) is 0. The van der Waals surface area contributed by atoms with Crippen molar-refractivity contribution in [3.8, 4) is 17.2 Å². The summed E-state index contributed by atoms with van der Waals surface area (Å²) in [4.78, 5) is 9.70. The molecule has 92 valence electrons. The molecule has 0 aromatic heterocycles. The van der Waals surface area contributed by atoms with Crippen LogP contribution in [0.2, 0.25) is 0 Å². The van der Waals surface area contributed by atoms with E-state index in [0.29, 0.717) is 22.8 Å². The molecule has 0 bridgehead atoms. The minimum absolute atomic E-state index is 0.452. The number of nitro groups is 1. The molecule has 6 nitrogen and oxygen atoms in total. The van der Waals surface area contributed by atoms with E-state index in [1.165, 1.54) is 27.4 Å². The third-order valence-corrected chi connectivity index (χ3v) is 2.08. The molecule has 0 fully saturated rings. The van der Waals surface area contributed by atoms with Crippen molar-refractivity contribution < 1.29 is 19.1 Å². The van der Waals surface area contributed by atoms with E-state index in [0.717, 1.165) is 6.20 Å². The van der Waals surface area contributed by atoms with Gasteiger partial charge in [0.25, 0.3) is 0 Å². The van der Waals surface area contributed by atoms with Crippen LogP contribution < -0.4 is 14.2 Å². The summed E-state index contributed by atoms with van der Waals surface area (Å²) in [5.74, 6) is 1.36. The fourth-order valence-corrected chi connectivity index (χ4v) is 1.34. The van der Waals surface area contributed by atoms with Gasteiger partial charge in [-0.2, -0.15) is 0 Å². The van der Waals surface area contributed by atoms with Gasteiger partial charge in [0.15, 0.2) is 11.5 Å². The highest BCUT2D eigenvalue weighted by Gasteiger charge is 2.12. The van der Waals surface area contributed by atoms with Crippen molar-refractivity contribution in [1.82, 2.24) is 0 Å². The number of hydrogen-bond donors (Lipinski definition) is 0. The zero-order chi connectivity index (χ0) is 12.8. The molecular weight excluding hydrogens is 226 g/mol. The van der Waals surface area contributed by atoms with Crippen LogP contribution in [0.5, 0.6) is 17.2 Å². The second kappa shape index (κ2) is 5.74. The van der Waals surface area contributed by atoms with Gasteiger partial charge in [0.1, 0.15) is 0 Å². The van der Waals surface area contributed by atoms with Gasteiger partial charge in [-0.3, -0.25) is 10.1 Å². The first-order valence-electron chi connectivity index (χ1n) is 4.74. The monoisotopic (exact) mass is 239 g/mol. The van der Waals surface area contributed by atoms with E-state index in [1.807, 2.05) is 0 Å². The molecule has 0 amide bonds. The van der Waals surface area contributed by atoms with Gasteiger partial charge in [0.2, 0.25) is 11.9 Å². The lowest BCUT2D eigenvalue weighted by Crippen LogP contribution is -1.95. The molecule has 1 rings (SSSR count). The fourth-order valence-electron chi connectivity index (χ4n) is 1.34. The van der Waals surface area contributed by atoms with E-state index in [1.54, 1.807) is 12.1 Å². The van der Waals surface area contributed by atoms with Crippen molar-refractivity contribution in [3.63, 3.8) is 0 Å². The van der Waals surface area contributed by atoms with Crippen LogP contribution in [0.4, 0.5) is 0 Å². The number of nitrogens with zero attached hydrogens (tertiary/aromatic N) is 1. The topological polar surface area (TPSA) is 70.8 Å². The molecule has 0 saturated carbocycles. The van der Waals surface area contributed by atoms with Crippen molar-refractivity contribution in [3.05, 3.63) is 34.0 Å². The van der Waals surface area contributed by atoms with E-state index in [9.17, 15) is 10.1 Å². The van der Waals surface area contributed by atoms with Gasteiger partial charge < -0.3 is 14.2 Å². The van der Waals surface area contributed by atoms with Crippen molar-refractivity contribution in [2.75, 3.05) is 21.3 Å². The molecule has 0 radical (unpaired) electrons. The zero-order valence-corrected chi connectivity index (χ0v) is 9.80. The van der Waals surface area contributed by atoms with Crippen LogP contribution in [-0.2, 0) is 0 Å². The predicted molar refractivity (Wildman–Crippen MR) is 62.1 cm³/mol. The molecule has 0 N–H and O–H groups in total. The molecule has 0 aliphatic heterocycles. The van der Waals surface area contributed by atoms with E-state index in [-0.39, 0.29) is 0 Å². The Bertz CT molecular complexity index is 416. The van der Waals surface area contributed by atoms with E-state index in [2.05, 4.69) is 0 Å². The number of hydrogen-bond acceptors (Lipinski definition) is 5. The Kier molecular flexibility index (Phi) is 4.33. The normalized spacial score (nSPS) is 10.3. The molecule has 0 aliphatic carbocycles. The van der Waals surface area contributed by atoms with Gasteiger partial charge in [0.05, 0.1) is 26.3 Å². The lowest BCUT2D eigenvalue weighted by molar-refractivity contribution is -0.400. The second-order valence-electron chi connectivity index (χ2n) is 3.06. The van der Waals surface area contributed by atoms with Crippen molar-refractivity contribution >= 4 is 6.08 Å². The van der Waals surface area contributed by atoms with Gasteiger partial charge in [-0.05, 0) is 17.7 Å². The average Bonchev–Trinajstić information content (AvgIpc) is 2.34. The maximum Gasteiger partial charge on any atom is 0.235 e. The molecule has 1 aromatic carbocycles. The Morgan fingerprint density at radius 1 is 1.12 bits per heavy atom. The molecule has 17 heavy (non-hydrogen) atoms. The molecule has 6 heteroatoms. The minimum atomic E-state index is -0.539. The van der Waals surface area contributed by atoms with Crippen molar-refractivity contribution in [2.24, 2.45) is 0 Å². The molecule has 0 unspecified atom stereocenters. The molecular formula is C11H13NO5. The summed E-state index contributed by atoms with van der Waals surface area (Å²) in [6, 6.07) is 3.25. The second-order valence-corrected chi connectivity index (χ2v) is 3.06. The quantitative estimate of drug-likeness (QED) is 0.580. The molecule has 1 aromatic rings. The van der Waals surface area contributed by atoms with Gasteiger partial charge in [-0.25, -0.2) is 0 Å². The van der Waals surface area contributed by atoms with Crippen LogP contribution in [0.1, 0.15) is 5.56 Å². The van der Waals surface area contributed by atoms with Crippen LogP contribution in [0.3, 0.4) is 0 Å². The van der Waals surface area contributed by atoms with Crippen molar-refractivity contribution in [2.45, 2.75) is 0 Å². The van der Waals surface area contributed by atoms with E-state index >= 15 is 0 Å². The van der Waals surface area contributed by atoms with Crippen LogP contribution in [0.25, 0.3) is 6.08 Å². The summed E-state index contributed by atoms with van der Waals surface area (Å²) in [5.41, 5.74) is 0.594. The lowest BCUT2D eigenvalue weighted by Gasteiger charge is -2.12. The highest BCUT2D eigenvalue weighted by molar-refractivity contribution is 5.61. The molecule has 0 saturated heterocycles. The first kappa shape index (κ1) is 12.8. The van der Waals surface area contributed by atoms with Gasteiger partial charge >= 0.3 is 0 Å². The highest BCUT2D eigenvalue weighted by Crippen LogP contribution is 2.38. The van der Waals surface area contributed by atoms with E-state index < -0.39 is 4.92 Å². The third-order valence-electron chi connectivity index (χ3n) is 2.08. The largest absolute Gasteiger partial charge is 0.493 e. The molecule has 0 atom stereocenters. The molecule has 0 spiro atoms. The van der Waals surface area contributed by atoms with Gasteiger partial charge in [-0.1, -0.05) is 0 Å². The summed E-state index contributed by atoms with van der Waals surface area (Å²) in [5, 5.41) is 10.2. The predicted octanol–water partition coefficient (Wildman–Crippen LogP) is 1.96. The van der Waals surface area contributed by atoms with Crippen LogP contribution in [-0.4, -0.2) is 26.3 Å². The van der Waals surface area contributed by atoms with Crippen LogP contribution in [0, 0.1) is 10.1 Å². The number of ether oxygens (including phenoxy) is 3. The Hall–Kier alpha value is -2.24. The summed E-state index contributed by atoms with van der Waals surface area (Å²) >= 11 is 0. The molecule has 0 heterocycles. The SMILES string of the molecule is COc1cc(C=C[N+](=O)[O-])cc(OC)c1OC. The summed E-state index contributed by atoms with van der Waals surface area (Å²) < 4.78 is 15.4. The Morgan fingerprint density at radius 2 is 1.65 bits per heavy atom. The lowest BCUT2D eigenvalue weighted by atomic mass is 10.2. The van der Waals surface area contributed by atoms with E-state index in [4.69, 9.17) is 14.2 Å². The maximum atomic E-state index is 10.2.